The molecule has 54 heavy (non-hydrogen) atoms. The first-order chi connectivity index (χ1) is 26.0. The van der Waals surface area contributed by atoms with Gasteiger partial charge in [0, 0.05) is 50.6 Å². The largest absolute Gasteiger partial charge is 0.497 e. The van der Waals surface area contributed by atoms with E-state index in [1.807, 2.05) is 12.1 Å². The van der Waals surface area contributed by atoms with Crippen molar-refractivity contribution in [2.75, 3.05) is 40.6 Å². The number of methoxy groups -OCH3 is 2. The van der Waals surface area contributed by atoms with Crippen LogP contribution in [-0.2, 0) is 20.6 Å². The van der Waals surface area contributed by atoms with Gasteiger partial charge in [-0.3, -0.25) is 9.98 Å². The second-order valence-corrected chi connectivity index (χ2v) is 13.7. The number of fused-ring (bicyclic) bond motifs is 8. The Bertz CT molecular complexity index is 2400. The van der Waals surface area contributed by atoms with E-state index in [-0.39, 0.29) is 43.8 Å². The molecule has 0 saturated heterocycles. The second-order valence-electron chi connectivity index (χ2n) is 12.8. The summed E-state index contributed by atoms with van der Waals surface area (Å²) in [7, 11) is 2.93. The van der Waals surface area contributed by atoms with Crippen LogP contribution in [0.5, 0.6) is 34.5 Å². The minimum atomic E-state index is -1.16. The summed E-state index contributed by atoms with van der Waals surface area (Å²) >= 11 is 3.46. The number of nitrogens with two attached hydrogens (primary N) is 2. The first-order valence-corrected chi connectivity index (χ1v) is 17.4. The van der Waals surface area contributed by atoms with Gasteiger partial charge in [0.15, 0.2) is 23.1 Å². The van der Waals surface area contributed by atoms with Gasteiger partial charge in [0.1, 0.15) is 59.0 Å². The van der Waals surface area contributed by atoms with Gasteiger partial charge in [-0.15, -0.1) is 0 Å². The molecule has 5 aromatic rings. The molecule has 11 nitrogen and oxygen atoms in total. The molecule has 9 rings (SSSR count). The van der Waals surface area contributed by atoms with Crippen molar-refractivity contribution in [1.29, 1.82) is 0 Å². The predicted octanol–water partition coefficient (Wildman–Crippen LogP) is 7.11. The van der Waals surface area contributed by atoms with Crippen LogP contribution in [0.3, 0.4) is 0 Å². The van der Waals surface area contributed by atoms with Gasteiger partial charge in [0.2, 0.25) is 5.95 Å². The highest BCUT2D eigenvalue weighted by atomic mass is 79.9. The molecule has 4 aromatic carbocycles. The van der Waals surface area contributed by atoms with E-state index < -0.39 is 28.7 Å². The smallest absolute Gasteiger partial charge is 0.220 e. The number of amidine groups is 2. The van der Waals surface area contributed by atoms with Crippen LogP contribution in [0.15, 0.2) is 93.5 Å². The van der Waals surface area contributed by atoms with E-state index in [2.05, 4.69) is 30.9 Å². The number of rotatable bonds is 3. The zero-order valence-electron chi connectivity index (χ0n) is 28.8. The zero-order chi connectivity index (χ0) is 37.8. The summed E-state index contributed by atoms with van der Waals surface area (Å²) in [6, 6.07) is 19.8. The monoisotopic (exact) mass is 801 g/mol. The summed E-state index contributed by atoms with van der Waals surface area (Å²) in [5.41, 5.74) is 13.1. The van der Waals surface area contributed by atoms with Crippen molar-refractivity contribution < 1.29 is 41.6 Å². The van der Waals surface area contributed by atoms with Gasteiger partial charge in [-0.25, -0.2) is 13.8 Å². The molecule has 2 spiro atoms. The summed E-state index contributed by atoms with van der Waals surface area (Å²) in [6.07, 6.45) is 1.38. The molecule has 0 unspecified atom stereocenters. The van der Waals surface area contributed by atoms with E-state index in [1.54, 1.807) is 48.5 Å². The molecule has 5 heterocycles. The van der Waals surface area contributed by atoms with E-state index in [0.29, 0.717) is 56.7 Å². The lowest BCUT2D eigenvalue weighted by atomic mass is 9.79. The number of hydrogen-bond donors (Lipinski definition) is 2. The van der Waals surface area contributed by atoms with Gasteiger partial charge in [0.25, 0.3) is 0 Å². The Balaban J connectivity index is 0.000000157. The average Bonchev–Trinajstić information content (AvgIpc) is 3.16. The third-order valence-corrected chi connectivity index (χ3v) is 9.99. The minimum Gasteiger partial charge on any atom is -0.497 e. The van der Waals surface area contributed by atoms with Gasteiger partial charge in [-0.2, -0.15) is 4.39 Å². The molecule has 0 amide bonds. The zero-order valence-corrected chi connectivity index (χ0v) is 30.4. The highest BCUT2D eigenvalue weighted by Gasteiger charge is 2.47. The summed E-state index contributed by atoms with van der Waals surface area (Å²) in [4.78, 5) is 13.1. The predicted molar refractivity (Wildman–Crippen MR) is 196 cm³/mol. The molecule has 15 heteroatoms. The summed E-state index contributed by atoms with van der Waals surface area (Å²) in [5, 5.41) is 0. The lowest BCUT2D eigenvalue weighted by Gasteiger charge is -2.39. The maximum atomic E-state index is 14.9. The maximum absolute atomic E-state index is 14.9. The number of pyridine rings is 1. The Morgan fingerprint density at radius 2 is 1.22 bits per heavy atom. The van der Waals surface area contributed by atoms with Crippen LogP contribution >= 0.6 is 15.9 Å². The van der Waals surface area contributed by atoms with Crippen molar-refractivity contribution in [1.82, 2.24) is 4.98 Å². The summed E-state index contributed by atoms with van der Waals surface area (Å²) in [5.74, 6) is 0.673. The van der Waals surface area contributed by atoms with Crippen LogP contribution in [0.2, 0.25) is 0 Å². The molecule has 1 aromatic heterocycles. The molecule has 0 radical (unpaired) electrons. The van der Waals surface area contributed by atoms with Crippen molar-refractivity contribution in [3.63, 3.8) is 0 Å². The number of benzene rings is 4. The Hall–Kier alpha value is -5.64. The van der Waals surface area contributed by atoms with Crippen molar-refractivity contribution in [3.8, 4) is 45.6 Å². The number of ether oxygens (including phenoxy) is 6. The SMILES string of the molecule is COc1cc(F)c2c(c1)[C@]1(COCC(N)=N1)c1cc(-c3cccnc3F)ccc1O2.COc1cc(F)c2c(c1)[C@]1(COCC(N)=N1)c1cc(Br)ccc1O2. The third kappa shape index (κ3) is 5.88. The number of aliphatic imine (C=N–C) groups is 2. The highest BCUT2D eigenvalue weighted by Crippen LogP contribution is 2.54. The molecule has 4 aliphatic heterocycles. The third-order valence-electron chi connectivity index (χ3n) is 9.49. The number of hydrogen-bond acceptors (Lipinski definition) is 11. The topological polar surface area (TPSA) is 145 Å². The van der Waals surface area contributed by atoms with E-state index in [1.165, 1.54) is 32.5 Å². The fourth-order valence-electron chi connectivity index (χ4n) is 7.11. The molecular weight excluding hydrogens is 771 g/mol. The Morgan fingerprint density at radius 3 is 1.74 bits per heavy atom. The van der Waals surface area contributed by atoms with Gasteiger partial charge < -0.3 is 39.9 Å². The standard InChI is InChI=1S/C22H17F2N3O3.C17H14BrFN2O3/c1-28-13-8-16-20(17(23)9-13)30-18-5-4-12(14-3-2-6-26-21(14)24)7-15(18)22(16)11-29-10-19(25)27-22;1-22-10-5-12-16(13(19)6-10)24-14-3-2-9(18)4-11(14)17(12)8-23-7-15(20)21-17/h2-9H,10-11H2,1H3,(H2,25,27);2-6H,7-8H2,1H3,(H2,20,21)/t22-;17-/m00/s1. The Morgan fingerprint density at radius 1 is 0.685 bits per heavy atom. The molecule has 4 N–H and O–H groups in total. The molecule has 276 valence electrons. The average molecular weight is 803 g/mol. The normalized spacial score (nSPS) is 20.4. The number of aromatic nitrogens is 1. The molecular formula is C39H31BrF3N5O6. The van der Waals surface area contributed by atoms with Crippen LogP contribution in [0.4, 0.5) is 13.2 Å². The van der Waals surface area contributed by atoms with Crippen LogP contribution in [0, 0.1) is 17.6 Å². The minimum absolute atomic E-state index is 0.0330. The Kier molecular flexibility index (Phi) is 8.95. The first kappa shape index (κ1) is 35.4. The van der Waals surface area contributed by atoms with Crippen molar-refractivity contribution >= 4 is 27.6 Å². The highest BCUT2D eigenvalue weighted by molar-refractivity contribution is 9.10. The van der Waals surface area contributed by atoms with E-state index >= 15 is 0 Å². The Labute approximate surface area is 315 Å². The van der Waals surface area contributed by atoms with Crippen LogP contribution in [0.1, 0.15) is 22.3 Å². The lowest BCUT2D eigenvalue weighted by molar-refractivity contribution is 0.109. The van der Waals surface area contributed by atoms with Crippen LogP contribution in [-0.4, -0.2) is 57.3 Å². The van der Waals surface area contributed by atoms with Crippen molar-refractivity contribution in [3.05, 3.63) is 123 Å². The van der Waals surface area contributed by atoms with Crippen LogP contribution in [0.25, 0.3) is 11.1 Å². The quantitative estimate of drug-likeness (QED) is 0.183. The first-order valence-electron chi connectivity index (χ1n) is 16.6. The fraction of sp³-hybridized carbons (Fsp3) is 0.205. The fourth-order valence-corrected chi connectivity index (χ4v) is 7.47. The number of nitrogens with zero attached hydrogens (tertiary/aromatic N) is 3. The van der Waals surface area contributed by atoms with E-state index in [0.717, 1.165) is 10.0 Å². The van der Waals surface area contributed by atoms with Gasteiger partial charge in [-0.05, 0) is 60.2 Å². The van der Waals surface area contributed by atoms with Crippen molar-refractivity contribution in [2.24, 2.45) is 21.5 Å². The van der Waals surface area contributed by atoms with Gasteiger partial charge in [-0.1, -0.05) is 22.0 Å². The summed E-state index contributed by atoms with van der Waals surface area (Å²) < 4.78 is 78.1. The molecule has 0 fully saturated rings. The second kappa shape index (κ2) is 13.6. The van der Waals surface area contributed by atoms with Crippen molar-refractivity contribution in [2.45, 2.75) is 11.1 Å². The molecule has 0 saturated carbocycles. The van der Waals surface area contributed by atoms with Gasteiger partial charge >= 0.3 is 0 Å². The van der Waals surface area contributed by atoms with Gasteiger partial charge in [0.05, 0.1) is 27.4 Å². The molecule has 2 atom stereocenters. The van der Waals surface area contributed by atoms with E-state index in [4.69, 9.17) is 39.9 Å². The summed E-state index contributed by atoms with van der Waals surface area (Å²) in [6.45, 7) is 0.757. The maximum Gasteiger partial charge on any atom is 0.220 e. The molecule has 0 aliphatic carbocycles. The number of halogens is 4. The van der Waals surface area contributed by atoms with Crippen LogP contribution < -0.4 is 30.4 Å². The molecule has 0 bridgehead atoms. The lowest BCUT2D eigenvalue weighted by Crippen LogP contribution is -2.42. The van der Waals surface area contributed by atoms with E-state index in [9.17, 15) is 13.2 Å². The molecule has 4 aliphatic rings.